The van der Waals surface area contributed by atoms with Crippen LogP contribution in [0.4, 0.5) is 0 Å². The zero-order valence-corrected chi connectivity index (χ0v) is 11.0. The highest BCUT2D eigenvalue weighted by Gasteiger charge is 2.25. The fourth-order valence-corrected chi connectivity index (χ4v) is 2.31. The van der Waals surface area contributed by atoms with E-state index >= 15 is 0 Å². The van der Waals surface area contributed by atoms with Crippen molar-refractivity contribution in [3.63, 3.8) is 0 Å². The molecule has 0 aliphatic heterocycles. The largest absolute Gasteiger partial charge is 0.356 e. The molecule has 1 aliphatic rings. The highest BCUT2D eigenvalue weighted by molar-refractivity contribution is 5.76. The molecule has 98 valence electrons. The van der Waals surface area contributed by atoms with Crippen molar-refractivity contribution in [3.05, 3.63) is 35.4 Å². The molecule has 0 radical (unpaired) electrons. The van der Waals surface area contributed by atoms with Gasteiger partial charge in [0.05, 0.1) is 0 Å². The quantitative estimate of drug-likeness (QED) is 0.832. The minimum absolute atomic E-state index is 0.149. The van der Waals surface area contributed by atoms with E-state index in [2.05, 4.69) is 36.5 Å². The van der Waals surface area contributed by atoms with E-state index in [0.29, 0.717) is 18.4 Å². The third-order valence-corrected chi connectivity index (χ3v) is 3.62. The molecule has 0 bridgehead atoms. The number of nitrogens with one attached hydrogen (secondary N) is 1. The number of aryl methyl sites for hydroxylation is 2. The summed E-state index contributed by atoms with van der Waals surface area (Å²) in [4.78, 5) is 11.7. The molecule has 18 heavy (non-hydrogen) atoms. The van der Waals surface area contributed by atoms with Gasteiger partial charge in [0, 0.05) is 19.0 Å². The van der Waals surface area contributed by atoms with Crippen LogP contribution in [-0.2, 0) is 11.2 Å². The van der Waals surface area contributed by atoms with Crippen LogP contribution in [0.3, 0.4) is 0 Å². The lowest BCUT2D eigenvalue weighted by atomic mass is 9.81. The molecule has 0 saturated heterocycles. The van der Waals surface area contributed by atoms with Crippen molar-refractivity contribution in [2.75, 3.05) is 6.54 Å². The smallest absolute Gasteiger partial charge is 0.220 e. The normalized spacial score (nSPS) is 22.3. The van der Waals surface area contributed by atoms with Crippen molar-refractivity contribution in [2.24, 2.45) is 11.7 Å². The third-order valence-electron chi connectivity index (χ3n) is 3.62. The van der Waals surface area contributed by atoms with Gasteiger partial charge < -0.3 is 11.1 Å². The lowest BCUT2D eigenvalue weighted by Crippen LogP contribution is -2.42. The van der Waals surface area contributed by atoms with Crippen molar-refractivity contribution < 1.29 is 4.79 Å². The van der Waals surface area contributed by atoms with E-state index in [1.165, 1.54) is 11.1 Å². The third kappa shape index (κ3) is 3.84. The van der Waals surface area contributed by atoms with Crippen molar-refractivity contribution in [3.8, 4) is 0 Å². The Bertz CT molecular complexity index is 393. The molecule has 3 nitrogen and oxygen atoms in total. The van der Waals surface area contributed by atoms with Gasteiger partial charge in [0.25, 0.3) is 0 Å². The Kier molecular flexibility index (Phi) is 4.37. The van der Waals surface area contributed by atoms with E-state index in [1.807, 2.05) is 0 Å². The molecule has 3 heteroatoms. The molecule has 0 spiro atoms. The minimum Gasteiger partial charge on any atom is -0.356 e. The van der Waals surface area contributed by atoms with Crippen LogP contribution in [0.15, 0.2) is 24.3 Å². The van der Waals surface area contributed by atoms with E-state index < -0.39 is 0 Å². The summed E-state index contributed by atoms with van der Waals surface area (Å²) in [5, 5.41) is 2.99. The van der Waals surface area contributed by atoms with Gasteiger partial charge in [0.2, 0.25) is 5.91 Å². The second-order valence-corrected chi connectivity index (χ2v) is 5.39. The molecule has 1 aromatic carbocycles. The minimum atomic E-state index is 0.149. The second-order valence-electron chi connectivity index (χ2n) is 5.39. The number of nitrogens with two attached hydrogens (primary N) is 1. The SMILES string of the molecule is Cc1ccc(CCC(=O)NCC2CC(N)C2)cc1. The summed E-state index contributed by atoms with van der Waals surface area (Å²) < 4.78 is 0. The van der Waals surface area contributed by atoms with E-state index in [1.54, 1.807) is 0 Å². The van der Waals surface area contributed by atoms with Crippen LogP contribution in [0.2, 0.25) is 0 Å². The van der Waals surface area contributed by atoms with Gasteiger partial charge in [-0.15, -0.1) is 0 Å². The molecule has 1 amide bonds. The highest BCUT2D eigenvalue weighted by atomic mass is 16.1. The summed E-state index contributed by atoms with van der Waals surface area (Å²) in [6.07, 6.45) is 3.49. The second kappa shape index (κ2) is 6.01. The summed E-state index contributed by atoms with van der Waals surface area (Å²) in [5.41, 5.74) is 8.19. The van der Waals surface area contributed by atoms with Crippen LogP contribution in [0, 0.1) is 12.8 Å². The van der Waals surface area contributed by atoms with Crippen molar-refractivity contribution in [1.29, 1.82) is 0 Å². The maximum absolute atomic E-state index is 11.7. The van der Waals surface area contributed by atoms with Crippen LogP contribution in [-0.4, -0.2) is 18.5 Å². The highest BCUT2D eigenvalue weighted by Crippen LogP contribution is 2.24. The number of carbonyl (C=O) groups excluding carboxylic acids is 1. The first kappa shape index (κ1) is 13.1. The summed E-state index contributed by atoms with van der Waals surface area (Å²) in [6, 6.07) is 8.71. The number of carbonyl (C=O) groups is 1. The number of amides is 1. The zero-order valence-electron chi connectivity index (χ0n) is 11.0. The number of hydrogen-bond donors (Lipinski definition) is 2. The van der Waals surface area contributed by atoms with Gasteiger partial charge in [0.1, 0.15) is 0 Å². The molecule has 1 fully saturated rings. The molecular formula is C15H22N2O. The average Bonchev–Trinajstić information content (AvgIpc) is 2.32. The zero-order chi connectivity index (χ0) is 13.0. The van der Waals surface area contributed by atoms with Gasteiger partial charge in [-0.2, -0.15) is 0 Å². The van der Waals surface area contributed by atoms with Crippen molar-refractivity contribution >= 4 is 5.91 Å². The number of hydrogen-bond acceptors (Lipinski definition) is 2. The molecular weight excluding hydrogens is 224 g/mol. The van der Waals surface area contributed by atoms with Gasteiger partial charge in [-0.05, 0) is 37.7 Å². The molecule has 0 heterocycles. The summed E-state index contributed by atoms with van der Waals surface area (Å²) in [7, 11) is 0. The van der Waals surface area contributed by atoms with Gasteiger partial charge >= 0.3 is 0 Å². The molecule has 0 unspecified atom stereocenters. The summed E-state index contributed by atoms with van der Waals surface area (Å²) in [6.45, 7) is 2.86. The van der Waals surface area contributed by atoms with E-state index in [-0.39, 0.29) is 5.91 Å². The molecule has 0 atom stereocenters. The number of benzene rings is 1. The average molecular weight is 246 g/mol. The monoisotopic (exact) mass is 246 g/mol. The maximum atomic E-state index is 11.7. The Labute approximate surface area is 109 Å². The van der Waals surface area contributed by atoms with Gasteiger partial charge in [0.15, 0.2) is 0 Å². The topological polar surface area (TPSA) is 55.1 Å². The predicted octanol–water partition coefficient (Wildman–Crippen LogP) is 1.78. The van der Waals surface area contributed by atoms with Crippen LogP contribution < -0.4 is 11.1 Å². The van der Waals surface area contributed by atoms with Crippen LogP contribution in [0.25, 0.3) is 0 Å². The van der Waals surface area contributed by atoms with Gasteiger partial charge in [-0.1, -0.05) is 29.8 Å². The van der Waals surface area contributed by atoms with E-state index in [4.69, 9.17) is 5.73 Å². The van der Waals surface area contributed by atoms with Crippen molar-refractivity contribution in [1.82, 2.24) is 5.32 Å². The Morgan fingerprint density at radius 3 is 2.61 bits per heavy atom. The predicted molar refractivity (Wildman–Crippen MR) is 73.2 cm³/mol. The molecule has 3 N–H and O–H groups in total. The summed E-state index contributed by atoms with van der Waals surface area (Å²) >= 11 is 0. The van der Waals surface area contributed by atoms with Crippen LogP contribution in [0.5, 0.6) is 0 Å². The molecule has 0 aromatic heterocycles. The van der Waals surface area contributed by atoms with E-state index in [0.717, 1.165) is 25.8 Å². The van der Waals surface area contributed by atoms with E-state index in [9.17, 15) is 4.79 Å². The Balaban J connectivity index is 1.64. The first-order chi connectivity index (χ1) is 8.63. The lowest BCUT2D eigenvalue weighted by Gasteiger charge is -2.32. The molecule has 1 saturated carbocycles. The Morgan fingerprint density at radius 1 is 1.33 bits per heavy atom. The number of rotatable bonds is 5. The fourth-order valence-electron chi connectivity index (χ4n) is 2.31. The maximum Gasteiger partial charge on any atom is 0.220 e. The van der Waals surface area contributed by atoms with Crippen LogP contribution >= 0.6 is 0 Å². The standard InChI is InChI=1S/C15H22N2O/c1-11-2-4-12(5-3-11)6-7-15(18)17-10-13-8-14(16)9-13/h2-5,13-14H,6-10,16H2,1H3,(H,17,18). The molecule has 1 aromatic rings. The first-order valence-corrected chi connectivity index (χ1v) is 6.71. The molecule has 1 aliphatic carbocycles. The van der Waals surface area contributed by atoms with Crippen molar-refractivity contribution in [2.45, 2.75) is 38.6 Å². The molecule has 2 rings (SSSR count). The fraction of sp³-hybridized carbons (Fsp3) is 0.533. The van der Waals surface area contributed by atoms with Crippen LogP contribution in [0.1, 0.15) is 30.4 Å². The Morgan fingerprint density at radius 2 is 2.00 bits per heavy atom. The van der Waals surface area contributed by atoms with Gasteiger partial charge in [-0.25, -0.2) is 0 Å². The Hall–Kier alpha value is -1.35. The lowest BCUT2D eigenvalue weighted by molar-refractivity contribution is -0.121. The first-order valence-electron chi connectivity index (χ1n) is 6.71. The van der Waals surface area contributed by atoms with Gasteiger partial charge in [-0.3, -0.25) is 4.79 Å². The summed E-state index contributed by atoms with van der Waals surface area (Å²) in [5.74, 6) is 0.749.